The number of urea groups is 1. The number of hydrogen-bond donors (Lipinski definition) is 1. The lowest BCUT2D eigenvalue weighted by Gasteiger charge is -2.54. The molecule has 0 atom stereocenters. The van der Waals surface area contributed by atoms with Crippen LogP contribution in [0.1, 0.15) is 37.7 Å². The van der Waals surface area contributed by atoms with E-state index < -0.39 is 0 Å². The van der Waals surface area contributed by atoms with Gasteiger partial charge in [0.1, 0.15) is 11.9 Å². The van der Waals surface area contributed by atoms with Gasteiger partial charge >= 0.3 is 6.03 Å². The molecule has 1 saturated heterocycles. The highest BCUT2D eigenvalue weighted by atomic mass is 16.2. The molecule has 6 heteroatoms. The molecule has 6 nitrogen and oxygen atoms in total. The first-order valence-corrected chi connectivity index (χ1v) is 10.4. The zero-order valence-electron chi connectivity index (χ0n) is 15.7. The zero-order chi connectivity index (χ0) is 18.4. The Labute approximate surface area is 160 Å². The molecule has 4 bridgehead atoms. The molecule has 0 radical (unpaired) electrons. The third-order valence-electron chi connectivity index (χ3n) is 7.28. The van der Waals surface area contributed by atoms with Crippen LogP contribution in [-0.2, 0) is 0 Å². The van der Waals surface area contributed by atoms with E-state index in [9.17, 15) is 4.79 Å². The second-order valence-corrected chi connectivity index (χ2v) is 8.90. The molecule has 2 amide bonds. The molecular formula is C21H27N5O. The molecular weight excluding hydrogens is 338 g/mol. The number of nitrogens with one attached hydrogen (secondary N) is 1. The van der Waals surface area contributed by atoms with Crippen molar-refractivity contribution in [1.29, 1.82) is 5.26 Å². The minimum atomic E-state index is 0.125. The Morgan fingerprint density at radius 2 is 1.70 bits per heavy atom. The summed E-state index contributed by atoms with van der Waals surface area (Å²) in [7, 11) is 0. The standard InChI is InChI=1S/C21H27N5O/c22-12-14-1-2-19(23-13-14)25-3-5-26(6-4-25)21(27)24-20-17-8-15-7-16(10-17)11-18(20)9-15/h1-2,13,15-18,20H,3-11H2,(H,24,27). The van der Waals surface area contributed by atoms with E-state index in [1.165, 1.54) is 32.1 Å². The largest absolute Gasteiger partial charge is 0.353 e. The van der Waals surface area contributed by atoms with Crippen molar-refractivity contribution in [3.63, 3.8) is 0 Å². The maximum atomic E-state index is 12.9. The van der Waals surface area contributed by atoms with E-state index in [0.717, 1.165) is 43.8 Å². The molecule has 0 unspecified atom stereocenters. The van der Waals surface area contributed by atoms with Crippen molar-refractivity contribution >= 4 is 11.8 Å². The predicted octanol–water partition coefficient (Wildman–Crippen LogP) is 2.61. The van der Waals surface area contributed by atoms with E-state index in [2.05, 4.69) is 21.3 Å². The fraction of sp³-hybridized carbons (Fsp3) is 0.667. The van der Waals surface area contributed by atoms with E-state index in [1.807, 2.05) is 11.0 Å². The van der Waals surface area contributed by atoms with Gasteiger partial charge in [-0.15, -0.1) is 0 Å². The molecule has 2 heterocycles. The number of hydrogen-bond acceptors (Lipinski definition) is 4. The highest BCUT2D eigenvalue weighted by molar-refractivity contribution is 5.75. The van der Waals surface area contributed by atoms with Crippen LogP contribution in [0, 0.1) is 35.0 Å². The van der Waals surface area contributed by atoms with Crippen molar-refractivity contribution in [1.82, 2.24) is 15.2 Å². The predicted molar refractivity (Wildman–Crippen MR) is 102 cm³/mol. The molecule has 142 valence electrons. The smallest absolute Gasteiger partial charge is 0.317 e. The summed E-state index contributed by atoms with van der Waals surface area (Å²) < 4.78 is 0. The van der Waals surface area contributed by atoms with Gasteiger partial charge in [-0.1, -0.05) is 0 Å². The third kappa shape index (κ3) is 3.13. The molecule has 5 aliphatic rings. The number of nitriles is 1. The lowest BCUT2D eigenvalue weighted by Crippen LogP contribution is -2.60. The van der Waals surface area contributed by atoms with Crippen molar-refractivity contribution in [3.8, 4) is 6.07 Å². The molecule has 0 aromatic carbocycles. The van der Waals surface area contributed by atoms with E-state index in [1.54, 1.807) is 12.3 Å². The van der Waals surface area contributed by atoms with E-state index in [-0.39, 0.29) is 6.03 Å². The van der Waals surface area contributed by atoms with Gasteiger partial charge in [0.2, 0.25) is 0 Å². The van der Waals surface area contributed by atoms with Crippen LogP contribution in [0.3, 0.4) is 0 Å². The maximum Gasteiger partial charge on any atom is 0.317 e. The van der Waals surface area contributed by atoms with Crippen molar-refractivity contribution in [2.75, 3.05) is 31.1 Å². The first kappa shape index (κ1) is 16.9. The van der Waals surface area contributed by atoms with Crippen molar-refractivity contribution in [2.45, 2.75) is 38.1 Å². The van der Waals surface area contributed by atoms with Crippen LogP contribution in [0.4, 0.5) is 10.6 Å². The van der Waals surface area contributed by atoms with E-state index in [4.69, 9.17) is 5.26 Å². The fourth-order valence-electron chi connectivity index (χ4n) is 6.17. The number of pyridine rings is 1. The second-order valence-electron chi connectivity index (χ2n) is 8.90. The summed E-state index contributed by atoms with van der Waals surface area (Å²) in [4.78, 5) is 21.4. The summed E-state index contributed by atoms with van der Waals surface area (Å²) >= 11 is 0. The number of carbonyl (C=O) groups excluding carboxylic acids is 1. The molecule has 1 N–H and O–H groups in total. The molecule has 4 saturated carbocycles. The number of piperazine rings is 1. The number of rotatable bonds is 2. The quantitative estimate of drug-likeness (QED) is 0.874. The molecule has 6 rings (SSSR count). The fourth-order valence-corrected chi connectivity index (χ4v) is 6.17. The monoisotopic (exact) mass is 365 g/mol. The summed E-state index contributed by atoms with van der Waals surface area (Å²) in [5, 5.41) is 12.3. The molecule has 1 aliphatic heterocycles. The average Bonchev–Trinajstić information content (AvgIpc) is 2.70. The van der Waals surface area contributed by atoms with Crippen LogP contribution in [0.15, 0.2) is 18.3 Å². The molecule has 5 fully saturated rings. The maximum absolute atomic E-state index is 12.9. The Morgan fingerprint density at radius 3 is 2.26 bits per heavy atom. The van der Waals surface area contributed by atoms with Crippen LogP contribution in [0.5, 0.6) is 0 Å². The van der Waals surface area contributed by atoms with Crippen LogP contribution in [0.25, 0.3) is 0 Å². The highest BCUT2D eigenvalue weighted by Crippen LogP contribution is 2.53. The Bertz CT molecular complexity index is 719. The Balaban J connectivity index is 1.16. The van der Waals surface area contributed by atoms with Crippen LogP contribution < -0.4 is 10.2 Å². The van der Waals surface area contributed by atoms with Crippen molar-refractivity contribution < 1.29 is 4.79 Å². The molecule has 27 heavy (non-hydrogen) atoms. The minimum absolute atomic E-state index is 0.125. The van der Waals surface area contributed by atoms with Crippen LogP contribution in [-0.4, -0.2) is 48.1 Å². The Hall–Kier alpha value is -2.29. The van der Waals surface area contributed by atoms with Gasteiger partial charge in [0.05, 0.1) is 5.56 Å². The number of nitrogens with zero attached hydrogens (tertiary/aromatic N) is 4. The molecule has 4 aliphatic carbocycles. The van der Waals surface area contributed by atoms with Gasteiger partial charge in [-0.2, -0.15) is 5.26 Å². The number of amides is 2. The van der Waals surface area contributed by atoms with Gasteiger partial charge < -0.3 is 15.1 Å². The molecule has 1 aromatic rings. The summed E-state index contributed by atoms with van der Waals surface area (Å²) in [6.45, 7) is 3.02. The summed E-state index contributed by atoms with van der Waals surface area (Å²) in [6.07, 6.45) is 8.37. The Kier molecular flexibility index (Phi) is 4.18. The third-order valence-corrected chi connectivity index (χ3v) is 7.28. The van der Waals surface area contributed by atoms with Gasteiger partial charge in [-0.3, -0.25) is 0 Å². The van der Waals surface area contributed by atoms with Crippen LogP contribution in [0.2, 0.25) is 0 Å². The van der Waals surface area contributed by atoms with E-state index >= 15 is 0 Å². The highest BCUT2D eigenvalue weighted by Gasteiger charge is 2.48. The SMILES string of the molecule is N#Cc1ccc(N2CCN(C(=O)NC3C4CC5CC(C4)CC3C5)CC2)nc1. The normalized spacial score (nSPS) is 34.4. The van der Waals surface area contributed by atoms with Crippen molar-refractivity contribution in [3.05, 3.63) is 23.9 Å². The topological polar surface area (TPSA) is 72.3 Å². The first-order chi connectivity index (χ1) is 13.2. The minimum Gasteiger partial charge on any atom is -0.353 e. The zero-order valence-corrected chi connectivity index (χ0v) is 15.7. The first-order valence-electron chi connectivity index (χ1n) is 10.4. The van der Waals surface area contributed by atoms with Gasteiger partial charge in [-0.25, -0.2) is 9.78 Å². The van der Waals surface area contributed by atoms with Gasteiger partial charge in [0.25, 0.3) is 0 Å². The second kappa shape index (κ2) is 6.70. The van der Waals surface area contributed by atoms with Gasteiger partial charge in [0, 0.05) is 38.4 Å². The number of carbonyl (C=O) groups is 1. The van der Waals surface area contributed by atoms with E-state index in [0.29, 0.717) is 23.4 Å². The van der Waals surface area contributed by atoms with Gasteiger partial charge in [-0.05, 0) is 67.9 Å². The molecule has 1 aromatic heterocycles. The number of anilines is 1. The lowest BCUT2D eigenvalue weighted by atomic mass is 9.54. The number of aromatic nitrogens is 1. The summed E-state index contributed by atoms with van der Waals surface area (Å²) in [5.74, 6) is 4.19. The van der Waals surface area contributed by atoms with Crippen molar-refractivity contribution in [2.24, 2.45) is 23.7 Å². The van der Waals surface area contributed by atoms with Crippen LogP contribution >= 0.6 is 0 Å². The lowest BCUT2D eigenvalue weighted by molar-refractivity contribution is -0.0110. The van der Waals surface area contributed by atoms with Gasteiger partial charge in [0.15, 0.2) is 0 Å². The average molecular weight is 365 g/mol. The molecule has 0 spiro atoms. The summed E-state index contributed by atoms with van der Waals surface area (Å²) in [6, 6.07) is 6.32. The summed E-state index contributed by atoms with van der Waals surface area (Å²) in [5.41, 5.74) is 0.576. The Morgan fingerprint density at radius 1 is 1.04 bits per heavy atom.